The Balaban J connectivity index is 2.74. The van der Waals surface area contributed by atoms with Gasteiger partial charge in [-0.05, 0) is 30.7 Å². The molecule has 86 valence electrons. The van der Waals surface area contributed by atoms with Gasteiger partial charge in [0.25, 0.3) is 0 Å². The van der Waals surface area contributed by atoms with Gasteiger partial charge in [-0.2, -0.15) is 0 Å². The highest BCUT2D eigenvalue weighted by Crippen LogP contribution is 2.20. The standard InChI is InChI=1S/C11H13NO4/c1-7-5-8(16-2)3-4-9(7)12-10(13)6-11(14)15/h3-5H,6H2,1-2H3,(H,12,13)(H,14,15). The second-order valence-corrected chi connectivity index (χ2v) is 3.30. The van der Waals surface area contributed by atoms with E-state index in [4.69, 9.17) is 9.84 Å². The number of carboxylic acid groups (broad SMARTS) is 1. The third kappa shape index (κ3) is 3.27. The van der Waals surface area contributed by atoms with Crippen molar-refractivity contribution in [3.8, 4) is 5.75 Å². The van der Waals surface area contributed by atoms with Crippen LogP contribution in [0, 0.1) is 6.92 Å². The van der Waals surface area contributed by atoms with Gasteiger partial charge in [-0.15, -0.1) is 0 Å². The molecular formula is C11H13NO4. The second kappa shape index (κ2) is 5.16. The molecule has 0 saturated heterocycles. The lowest BCUT2D eigenvalue weighted by Gasteiger charge is -2.08. The molecule has 0 aliphatic heterocycles. The number of amides is 1. The highest BCUT2D eigenvalue weighted by molar-refractivity contribution is 6.01. The van der Waals surface area contributed by atoms with Crippen LogP contribution in [0.5, 0.6) is 5.75 Å². The summed E-state index contributed by atoms with van der Waals surface area (Å²) in [5.74, 6) is -1.00. The van der Waals surface area contributed by atoms with Crippen molar-refractivity contribution in [1.82, 2.24) is 0 Å². The summed E-state index contributed by atoms with van der Waals surface area (Å²) >= 11 is 0. The van der Waals surface area contributed by atoms with Crippen LogP contribution >= 0.6 is 0 Å². The molecular weight excluding hydrogens is 210 g/mol. The molecule has 5 nitrogen and oxygen atoms in total. The van der Waals surface area contributed by atoms with Crippen LogP contribution in [0.15, 0.2) is 18.2 Å². The lowest BCUT2D eigenvalue weighted by molar-refractivity contribution is -0.139. The molecule has 0 fully saturated rings. The van der Waals surface area contributed by atoms with Gasteiger partial charge in [0.2, 0.25) is 5.91 Å². The number of aryl methyl sites for hydroxylation is 1. The Morgan fingerprint density at radius 1 is 1.44 bits per heavy atom. The Morgan fingerprint density at radius 2 is 2.12 bits per heavy atom. The summed E-state index contributed by atoms with van der Waals surface area (Å²) in [6.45, 7) is 1.80. The molecule has 0 aliphatic rings. The summed E-state index contributed by atoms with van der Waals surface area (Å²) < 4.78 is 5.01. The van der Waals surface area contributed by atoms with Crippen molar-refractivity contribution in [3.63, 3.8) is 0 Å². The number of methoxy groups -OCH3 is 1. The van der Waals surface area contributed by atoms with Gasteiger partial charge < -0.3 is 15.2 Å². The van der Waals surface area contributed by atoms with Crippen molar-refractivity contribution in [2.24, 2.45) is 0 Å². The number of anilines is 1. The topological polar surface area (TPSA) is 75.6 Å². The molecule has 16 heavy (non-hydrogen) atoms. The molecule has 5 heteroatoms. The zero-order valence-electron chi connectivity index (χ0n) is 9.11. The minimum atomic E-state index is -1.15. The molecule has 0 atom stereocenters. The van der Waals surface area contributed by atoms with E-state index in [0.717, 1.165) is 5.56 Å². The van der Waals surface area contributed by atoms with Crippen LogP contribution in [0.1, 0.15) is 12.0 Å². The number of hydrogen-bond acceptors (Lipinski definition) is 3. The Hall–Kier alpha value is -2.04. The van der Waals surface area contributed by atoms with Crippen molar-refractivity contribution in [2.45, 2.75) is 13.3 Å². The van der Waals surface area contributed by atoms with Gasteiger partial charge in [0.15, 0.2) is 0 Å². The third-order valence-electron chi connectivity index (χ3n) is 2.02. The molecule has 0 aromatic heterocycles. The normalized spacial score (nSPS) is 9.62. The summed E-state index contributed by atoms with van der Waals surface area (Å²) in [7, 11) is 1.55. The Bertz CT molecular complexity index is 414. The SMILES string of the molecule is COc1ccc(NC(=O)CC(=O)O)c(C)c1. The molecule has 0 radical (unpaired) electrons. The lowest BCUT2D eigenvalue weighted by Crippen LogP contribution is -2.16. The predicted octanol–water partition coefficient (Wildman–Crippen LogP) is 1.42. The first-order valence-electron chi connectivity index (χ1n) is 4.69. The number of carbonyl (C=O) groups is 2. The van der Waals surface area contributed by atoms with E-state index in [1.54, 1.807) is 32.2 Å². The Labute approximate surface area is 93.0 Å². The molecule has 1 amide bonds. The summed E-state index contributed by atoms with van der Waals surface area (Å²) in [5.41, 5.74) is 1.41. The van der Waals surface area contributed by atoms with Crippen molar-refractivity contribution < 1.29 is 19.4 Å². The molecule has 1 aromatic rings. The summed E-state index contributed by atoms with van der Waals surface area (Å²) in [5, 5.41) is 11.0. The smallest absolute Gasteiger partial charge is 0.312 e. The first kappa shape index (κ1) is 12.0. The van der Waals surface area contributed by atoms with E-state index in [2.05, 4.69) is 5.32 Å². The fourth-order valence-electron chi connectivity index (χ4n) is 1.24. The number of ether oxygens (including phenoxy) is 1. The first-order chi connectivity index (χ1) is 7.52. The van der Waals surface area contributed by atoms with Gasteiger partial charge in [-0.1, -0.05) is 0 Å². The number of carbonyl (C=O) groups excluding carboxylic acids is 1. The number of rotatable bonds is 4. The van der Waals surface area contributed by atoms with E-state index >= 15 is 0 Å². The summed E-state index contributed by atoms with van der Waals surface area (Å²) in [6, 6.07) is 5.13. The van der Waals surface area contributed by atoms with Crippen LogP contribution in [0.4, 0.5) is 5.69 Å². The van der Waals surface area contributed by atoms with E-state index in [1.807, 2.05) is 0 Å². The van der Waals surface area contributed by atoms with Gasteiger partial charge in [0.1, 0.15) is 12.2 Å². The fourth-order valence-corrected chi connectivity index (χ4v) is 1.24. The van der Waals surface area contributed by atoms with Crippen molar-refractivity contribution in [1.29, 1.82) is 0 Å². The number of nitrogens with one attached hydrogen (secondary N) is 1. The van der Waals surface area contributed by atoms with Gasteiger partial charge in [0, 0.05) is 5.69 Å². The van der Waals surface area contributed by atoms with Crippen molar-refractivity contribution >= 4 is 17.6 Å². The maximum Gasteiger partial charge on any atom is 0.312 e. The molecule has 0 spiro atoms. The average molecular weight is 223 g/mol. The highest BCUT2D eigenvalue weighted by Gasteiger charge is 2.09. The van der Waals surface area contributed by atoms with E-state index in [1.165, 1.54) is 0 Å². The molecule has 0 saturated carbocycles. The maximum absolute atomic E-state index is 11.2. The maximum atomic E-state index is 11.2. The zero-order chi connectivity index (χ0) is 12.1. The summed E-state index contributed by atoms with van der Waals surface area (Å²) in [6.07, 6.45) is -0.536. The quantitative estimate of drug-likeness (QED) is 0.757. The minimum Gasteiger partial charge on any atom is -0.497 e. The van der Waals surface area contributed by atoms with Crippen molar-refractivity contribution in [3.05, 3.63) is 23.8 Å². The Morgan fingerprint density at radius 3 is 2.62 bits per heavy atom. The van der Waals surface area contributed by atoms with E-state index in [9.17, 15) is 9.59 Å². The van der Waals surface area contributed by atoms with Crippen LogP contribution in [-0.2, 0) is 9.59 Å². The molecule has 0 heterocycles. The zero-order valence-corrected chi connectivity index (χ0v) is 9.11. The van der Waals surface area contributed by atoms with E-state index in [0.29, 0.717) is 11.4 Å². The number of carboxylic acids is 1. The number of benzene rings is 1. The molecule has 2 N–H and O–H groups in total. The third-order valence-corrected chi connectivity index (χ3v) is 2.02. The second-order valence-electron chi connectivity index (χ2n) is 3.30. The predicted molar refractivity (Wildman–Crippen MR) is 58.6 cm³/mol. The number of aliphatic carboxylic acids is 1. The van der Waals surface area contributed by atoms with Crippen LogP contribution in [0.25, 0.3) is 0 Å². The van der Waals surface area contributed by atoms with Gasteiger partial charge in [-0.3, -0.25) is 9.59 Å². The fraction of sp³-hybridized carbons (Fsp3) is 0.273. The van der Waals surface area contributed by atoms with Crippen LogP contribution < -0.4 is 10.1 Å². The molecule has 0 aliphatic carbocycles. The lowest BCUT2D eigenvalue weighted by atomic mass is 10.2. The van der Waals surface area contributed by atoms with Crippen LogP contribution in [-0.4, -0.2) is 24.1 Å². The van der Waals surface area contributed by atoms with Crippen molar-refractivity contribution in [2.75, 3.05) is 12.4 Å². The van der Waals surface area contributed by atoms with Crippen LogP contribution in [0.3, 0.4) is 0 Å². The first-order valence-corrected chi connectivity index (χ1v) is 4.69. The average Bonchev–Trinajstić information content (AvgIpc) is 2.19. The van der Waals surface area contributed by atoms with E-state index < -0.39 is 18.3 Å². The minimum absolute atomic E-state index is 0.536. The molecule has 1 rings (SSSR count). The van der Waals surface area contributed by atoms with Gasteiger partial charge >= 0.3 is 5.97 Å². The largest absolute Gasteiger partial charge is 0.497 e. The van der Waals surface area contributed by atoms with Gasteiger partial charge in [-0.25, -0.2) is 0 Å². The molecule has 1 aromatic carbocycles. The molecule has 0 bridgehead atoms. The van der Waals surface area contributed by atoms with Crippen LogP contribution in [0.2, 0.25) is 0 Å². The highest BCUT2D eigenvalue weighted by atomic mass is 16.5. The Kier molecular flexibility index (Phi) is 3.88. The van der Waals surface area contributed by atoms with E-state index in [-0.39, 0.29) is 0 Å². The molecule has 0 unspecified atom stereocenters. The number of hydrogen-bond donors (Lipinski definition) is 2. The monoisotopic (exact) mass is 223 g/mol. The summed E-state index contributed by atoms with van der Waals surface area (Å²) in [4.78, 5) is 21.5. The van der Waals surface area contributed by atoms with Gasteiger partial charge in [0.05, 0.1) is 7.11 Å².